The maximum atomic E-state index is 13.4. The predicted octanol–water partition coefficient (Wildman–Crippen LogP) is 3.98. The fourth-order valence-corrected chi connectivity index (χ4v) is 5.08. The molecule has 0 radical (unpaired) electrons. The first kappa shape index (κ1) is 29.5. The van der Waals surface area contributed by atoms with Crippen molar-refractivity contribution in [3.05, 3.63) is 95.3 Å². The highest BCUT2D eigenvalue weighted by molar-refractivity contribution is 5.95. The van der Waals surface area contributed by atoms with Crippen molar-refractivity contribution >= 4 is 23.6 Å². The van der Waals surface area contributed by atoms with Crippen LogP contribution in [0, 0.1) is 5.82 Å². The number of quaternary nitrogens is 1. The number of urea groups is 1. The molecule has 0 unspecified atom stereocenters. The van der Waals surface area contributed by atoms with E-state index in [9.17, 15) is 23.9 Å². The number of benzene rings is 3. The van der Waals surface area contributed by atoms with Crippen LogP contribution in [0.25, 0.3) is 0 Å². The minimum absolute atomic E-state index is 0.0875. The molecule has 3 amide bonds. The number of phenolic OH excluding ortho intramolecular Hbond substituents is 1. The third kappa shape index (κ3) is 8.52. The zero-order chi connectivity index (χ0) is 29.4. The van der Waals surface area contributed by atoms with E-state index >= 15 is 0 Å². The van der Waals surface area contributed by atoms with E-state index in [1.165, 1.54) is 24.3 Å². The Bertz CT molecular complexity index is 1350. The number of hydrogen-bond acceptors (Lipinski definition) is 5. The van der Waals surface area contributed by atoms with Crippen molar-refractivity contribution < 1.29 is 33.1 Å². The number of carbonyl (C=O) groups excluding carboxylic acids is 3. The van der Waals surface area contributed by atoms with Crippen LogP contribution < -0.4 is 16.0 Å². The summed E-state index contributed by atoms with van der Waals surface area (Å²) < 4.78 is 19.0. The summed E-state index contributed by atoms with van der Waals surface area (Å²) in [5.41, 5.74) is 2.61. The number of aromatic hydroxyl groups is 1. The number of nitrogens with zero attached hydrogens (tertiary/aromatic N) is 1. The van der Waals surface area contributed by atoms with Gasteiger partial charge in [-0.25, -0.2) is 14.0 Å². The van der Waals surface area contributed by atoms with Crippen molar-refractivity contribution in [3.8, 4) is 5.75 Å². The lowest BCUT2D eigenvalue weighted by Gasteiger charge is -2.30. The Hall–Kier alpha value is -4.44. The molecule has 0 saturated carbocycles. The zero-order valence-electron chi connectivity index (χ0n) is 23.2. The summed E-state index contributed by atoms with van der Waals surface area (Å²) in [6, 6.07) is 17.7. The van der Waals surface area contributed by atoms with Crippen molar-refractivity contribution in [2.75, 3.05) is 32.1 Å². The number of ether oxygens (including phenoxy) is 1. The number of phenols is 1. The van der Waals surface area contributed by atoms with Gasteiger partial charge in [0, 0.05) is 24.1 Å². The number of esters is 1. The van der Waals surface area contributed by atoms with E-state index in [4.69, 9.17) is 4.74 Å². The van der Waals surface area contributed by atoms with Crippen LogP contribution >= 0.6 is 0 Å². The molecule has 216 valence electrons. The standard InChI is InChI=1S/C31H35FN4O5/c1-3-41-30(39)23-8-12-25(13-9-23)34-31(40)35-28(18-21-6-14-27(37)15-7-21)29(38)33-26-16-17-36(2,20-26)19-22-4-10-24(32)11-5-22/h4-15,26,28H,3,16-20H2,1-2H3,(H3-,33,34,35,37,38,39,40)/p+1/t26-,28-,36+/m0/s1. The Kier molecular flexibility index (Phi) is 9.57. The van der Waals surface area contributed by atoms with Gasteiger partial charge < -0.3 is 30.3 Å². The number of rotatable bonds is 10. The molecule has 3 aromatic carbocycles. The number of amides is 3. The minimum Gasteiger partial charge on any atom is -0.508 e. The van der Waals surface area contributed by atoms with Gasteiger partial charge in [-0.05, 0) is 61.0 Å². The first-order chi connectivity index (χ1) is 19.6. The van der Waals surface area contributed by atoms with E-state index in [1.54, 1.807) is 55.5 Å². The molecular formula is C31H36FN4O5+. The van der Waals surface area contributed by atoms with E-state index in [2.05, 4.69) is 23.0 Å². The summed E-state index contributed by atoms with van der Waals surface area (Å²) in [6.45, 7) is 4.26. The second-order valence-corrected chi connectivity index (χ2v) is 10.6. The molecule has 3 aromatic rings. The molecule has 1 aliphatic rings. The average molecular weight is 564 g/mol. The van der Waals surface area contributed by atoms with Gasteiger partial charge in [0.15, 0.2) is 0 Å². The minimum atomic E-state index is -0.880. The fourth-order valence-electron chi connectivity index (χ4n) is 5.08. The van der Waals surface area contributed by atoms with Gasteiger partial charge >= 0.3 is 12.0 Å². The van der Waals surface area contributed by atoms with Crippen LogP contribution in [0.1, 0.15) is 34.8 Å². The Morgan fingerprint density at radius 1 is 1.00 bits per heavy atom. The van der Waals surface area contributed by atoms with E-state index in [-0.39, 0.29) is 36.5 Å². The predicted molar refractivity (Wildman–Crippen MR) is 153 cm³/mol. The number of hydrogen-bond donors (Lipinski definition) is 4. The Labute approximate surface area is 238 Å². The average Bonchev–Trinajstić information content (AvgIpc) is 3.31. The maximum absolute atomic E-state index is 13.4. The van der Waals surface area contributed by atoms with E-state index in [1.807, 2.05) is 0 Å². The number of likely N-dealkylation sites (tertiary alicyclic amines) is 1. The summed E-state index contributed by atoms with van der Waals surface area (Å²) >= 11 is 0. The van der Waals surface area contributed by atoms with Crippen molar-refractivity contribution in [3.63, 3.8) is 0 Å². The second kappa shape index (κ2) is 13.3. The number of anilines is 1. The molecule has 0 aromatic heterocycles. The molecule has 10 heteroatoms. The molecule has 1 heterocycles. The van der Waals surface area contributed by atoms with Gasteiger partial charge in [0.2, 0.25) is 5.91 Å². The van der Waals surface area contributed by atoms with Crippen molar-refractivity contribution in [1.29, 1.82) is 0 Å². The lowest BCUT2D eigenvalue weighted by atomic mass is 10.0. The van der Waals surface area contributed by atoms with Gasteiger partial charge in [-0.3, -0.25) is 4.79 Å². The third-order valence-electron chi connectivity index (χ3n) is 7.15. The summed E-state index contributed by atoms with van der Waals surface area (Å²) in [4.78, 5) is 38.2. The largest absolute Gasteiger partial charge is 0.508 e. The van der Waals surface area contributed by atoms with Crippen LogP contribution in [0.4, 0.5) is 14.9 Å². The highest BCUT2D eigenvalue weighted by Crippen LogP contribution is 2.22. The summed E-state index contributed by atoms with van der Waals surface area (Å²) in [6.07, 6.45) is 0.990. The highest BCUT2D eigenvalue weighted by atomic mass is 19.1. The van der Waals surface area contributed by atoms with Gasteiger partial charge in [0.25, 0.3) is 0 Å². The Balaban J connectivity index is 1.39. The van der Waals surface area contributed by atoms with Crippen LogP contribution in [-0.4, -0.2) is 66.3 Å². The first-order valence-corrected chi connectivity index (χ1v) is 13.6. The molecule has 0 spiro atoms. The van der Waals surface area contributed by atoms with Gasteiger partial charge in [-0.2, -0.15) is 0 Å². The number of nitrogens with one attached hydrogen (secondary N) is 3. The maximum Gasteiger partial charge on any atom is 0.338 e. The van der Waals surface area contributed by atoms with E-state index in [0.717, 1.165) is 30.6 Å². The molecule has 4 rings (SSSR count). The smallest absolute Gasteiger partial charge is 0.338 e. The number of likely N-dealkylation sites (N-methyl/N-ethyl adjacent to an activating group) is 1. The molecule has 1 fully saturated rings. The monoisotopic (exact) mass is 563 g/mol. The first-order valence-electron chi connectivity index (χ1n) is 13.6. The van der Waals surface area contributed by atoms with E-state index in [0.29, 0.717) is 22.3 Å². The molecular weight excluding hydrogens is 527 g/mol. The molecule has 41 heavy (non-hydrogen) atoms. The zero-order valence-corrected chi connectivity index (χ0v) is 23.2. The molecule has 4 N–H and O–H groups in total. The van der Waals surface area contributed by atoms with Gasteiger partial charge in [0.05, 0.1) is 38.3 Å². The molecule has 0 bridgehead atoms. The fraction of sp³-hybridized carbons (Fsp3) is 0.323. The van der Waals surface area contributed by atoms with E-state index < -0.39 is 18.0 Å². The van der Waals surface area contributed by atoms with Crippen LogP contribution in [0.15, 0.2) is 72.8 Å². The second-order valence-electron chi connectivity index (χ2n) is 10.6. The third-order valence-corrected chi connectivity index (χ3v) is 7.15. The van der Waals surface area contributed by atoms with Crippen molar-refractivity contribution in [2.24, 2.45) is 0 Å². The van der Waals surface area contributed by atoms with Gasteiger partial charge in [0.1, 0.15) is 24.2 Å². The van der Waals surface area contributed by atoms with Gasteiger partial charge in [-0.15, -0.1) is 0 Å². The van der Waals surface area contributed by atoms with Crippen molar-refractivity contribution in [2.45, 2.75) is 38.4 Å². The molecule has 3 atom stereocenters. The summed E-state index contributed by atoms with van der Waals surface area (Å²) in [7, 11) is 2.11. The lowest BCUT2D eigenvalue weighted by Crippen LogP contribution is -2.53. The quantitative estimate of drug-likeness (QED) is 0.220. The molecule has 1 aliphatic heterocycles. The molecule has 1 saturated heterocycles. The molecule has 0 aliphatic carbocycles. The topological polar surface area (TPSA) is 117 Å². The Morgan fingerprint density at radius 3 is 2.32 bits per heavy atom. The van der Waals surface area contributed by atoms with Gasteiger partial charge in [-0.1, -0.05) is 24.3 Å². The number of carbonyl (C=O) groups is 3. The van der Waals surface area contributed by atoms with Crippen molar-refractivity contribution in [1.82, 2.24) is 10.6 Å². The van der Waals surface area contributed by atoms with Crippen LogP contribution in [-0.2, 0) is 22.5 Å². The highest BCUT2D eigenvalue weighted by Gasteiger charge is 2.36. The normalized spacial score (nSPS) is 18.8. The van der Waals surface area contributed by atoms with Crippen LogP contribution in [0.5, 0.6) is 5.75 Å². The molecule has 9 nitrogen and oxygen atoms in total. The van der Waals surface area contributed by atoms with Crippen LogP contribution in [0.3, 0.4) is 0 Å². The summed E-state index contributed by atoms with van der Waals surface area (Å²) in [5.74, 6) is -0.928. The summed E-state index contributed by atoms with van der Waals surface area (Å²) in [5, 5.41) is 18.2. The Morgan fingerprint density at radius 2 is 1.66 bits per heavy atom. The SMILES string of the molecule is CCOC(=O)c1ccc(NC(=O)N[C@@H](Cc2ccc(O)cc2)C(=O)N[C@H]2CC[N@+](C)(Cc3ccc(F)cc3)C2)cc1. The lowest BCUT2D eigenvalue weighted by molar-refractivity contribution is -0.911. The number of halogens is 1. The van der Waals surface area contributed by atoms with Crippen LogP contribution in [0.2, 0.25) is 0 Å².